The summed E-state index contributed by atoms with van der Waals surface area (Å²) in [5, 5.41) is 7.90. The molecular weight excluding hydrogens is 274 g/mol. The quantitative estimate of drug-likeness (QED) is 0.675. The van der Waals surface area contributed by atoms with E-state index in [2.05, 4.69) is 16.0 Å². The molecule has 0 aliphatic carbocycles. The number of amides is 3. The fraction of sp³-hybridized carbons (Fsp3) is 0.429. The average molecular weight is 294 g/mol. The molecule has 1 rings (SSSR count). The molecule has 0 unspecified atom stereocenters. The van der Waals surface area contributed by atoms with Crippen molar-refractivity contribution in [1.82, 2.24) is 16.0 Å². The zero-order valence-corrected chi connectivity index (χ0v) is 12.4. The molecule has 0 saturated heterocycles. The van der Waals surface area contributed by atoms with Crippen LogP contribution in [0.15, 0.2) is 23.4 Å². The highest BCUT2D eigenvalue weighted by Gasteiger charge is 2.22. The summed E-state index contributed by atoms with van der Waals surface area (Å²) in [5.41, 5.74) is 0.923. The van der Waals surface area contributed by atoms with Crippen LogP contribution in [0.5, 0.6) is 0 Å². The predicted molar refractivity (Wildman–Crippen MR) is 75.8 cm³/mol. The molecule has 7 nitrogen and oxygen atoms in total. The molecular formula is C14H20N3O4. The molecule has 0 aromatic rings. The molecule has 0 atom stereocenters. The standard InChI is InChI=1S/C14H20N3O4/c1-4-11(18)15-9-7-21-8-10(16-12(19)5-2)14(9)17-13(20)6-3/h7-8H,4-6H2,1-3H3,(H,15,18)(H,16,19)(H,17,20). The van der Waals surface area contributed by atoms with Crippen molar-refractivity contribution in [3.05, 3.63) is 30.0 Å². The first-order chi connectivity index (χ1) is 10.0. The minimum atomic E-state index is -0.236. The lowest BCUT2D eigenvalue weighted by Gasteiger charge is -2.22. The molecule has 1 heterocycles. The van der Waals surface area contributed by atoms with E-state index in [-0.39, 0.29) is 37.0 Å². The number of ether oxygens (including phenoxy) is 1. The van der Waals surface area contributed by atoms with Gasteiger partial charge in [-0.05, 0) is 0 Å². The maximum atomic E-state index is 11.6. The first kappa shape index (κ1) is 16.7. The molecule has 0 spiro atoms. The van der Waals surface area contributed by atoms with Crippen molar-refractivity contribution in [2.24, 2.45) is 0 Å². The Morgan fingerprint density at radius 3 is 2.00 bits per heavy atom. The van der Waals surface area contributed by atoms with Crippen molar-refractivity contribution < 1.29 is 19.1 Å². The van der Waals surface area contributed by atoms with Gasteiger partial charge < -0.3 is 20.7 Å². The normalized spacial score (nSPS) is 14.0. The van der Waals surface area contributed by atoms with Crippen molar-refractivity contribution in [3.8, 4) is 0 Å². The van der Waals surface area contributed by atoms with Gasteiger partial charge in [-0.25, -0.2) is 0 Å². The third kappa shape index (κ3) is 4.94. The highest BCUT2D eigenvalue weighted by atomic mass is 16.5. The van der Waals surface area contributed by atoms with Crippen LogP contribution in [-0.4, -0.2) is 17.7 Å². The molecule has 0 aromatic carbocycles. The summed E-state index contributed by atoms with van der Waals surface area (Å²) >= 11 is 0. The highest BCUT2D eigenvalue weighted by Crippen LogP contribution is 2.18. The molecule has 0 fully saturated rings. The van der Waals surface area contributed by atoms with Crippen LogP contribution >= 0.6 is 0 Å². The fourth-order valence-electron chi connectivity index (χ4n) is 1.46. The summed E-state index contributed by atoms with van der Waals surface area (Å²) in [7, 11) is 0. The molecule has 1 aliphatic heterocycles. The summed E-state index contributed by atoms with van der Waals surface area (Å²) in [4.78, 5) is 34.7. The second kappa shape index (κ2) is 8.08. The van der Waals surface area contributed by atoms with Crippen LogP contribution in [0, 0.1) is 6.61 Å². The maximum Gasteiger partial charge on any atom is 0.224 e. The van der Waals surface area contributed by atoms with Crippen LogP contribution in [0.3, 0.4) is 0 Å². The van der Waals surface area contributed by atoms with E-state index in [1.54, 1.807) is 20.8 Å². The Morgan fingerprint density at radius 2 is 1.43 bits per heavy atom. The number of rotatable bonds is 6. The second-order valence-electron chi connectivity index (χ2n) is 4.28. The van der Waals surface area contributed by atoms with E-state index in [9.17, 15) is 14.4 Å². The van der Waals surface area contributed by atoms with Gasteiger partial charge in [-0.3, -0.25) is 14.4 Å². The lowest BCUT2D eigenvalue weighted by atomic mass is 10.2. The molecule has 3 amide bonds. The van der Waals surface area contributed by atoms with E-state index < -0.39 is 0 Å². The monoisotopic (exact) mass is 294 g/mol. The van der Waals surface area contributed by atoms with Crippen LogP contribution in [0.1, 0.15) is 40.0 Å². The van der Waals surface area contributed by atoms with Gasteiger partial charge in [0.15, 0.2) is 6.61 Å². The Kier molecular flexibility index (Phi) is 6.45. The van der Waals surface area contributed by atoms with Gasteiger partial charge in [0, 0.05) is 19.3 Å². The second-order valence-corrected chi connectivity index (χ2v) is 4.28. The third-order valence-corrected chi connectivity index (χ3v) is 2.69. The van der Waals surface area contributed by atoms with Gasteiger partial charge in [0.05, 0.1) is 11.4 Å². The summed E-state index contributed by atoms with van der Waals surface area (Å²) < 4.78 is 5.11. The van der Waals surface area contributed by atoms with Gasteiger partial charge in [0.2, 0.25) is 17.7 Å². The lowest BCUT2D eigenvalue weighted by Crippen LogP contribution is -2.37. The van der Waals surface area contributed by atoms with E-state index >= 15 is 0 Å². The van der Waals surface area contributed by atoms with Gasteiger partial charge in [-0.15, -0.1) is 0 Å². The zero-order chi connectivity index (χ0) is 15.8. The zero-order valence-electron chi connectivity index (χ0n) is 12.4. The topological polar surface area (TPSA) is 96.5 Å². The molecule has 21 heavy (non-hydrogen) atoms. The summed E-state index contributed by atoms with van der Waals surface area (Å²) in [5.74, 6) is -0.687. The number of nitrogens with one attached hydrogen (secondary N) is 3. The molecule has 115 valence electrons. The molecule has 1 aliphatic rings. The Morgan fingerprint density at radius 1 is 0.905 bits per heavy atom. The third-order valence-electron chi connectivity index (χ3n) is 2.69. The number of hydrogen-bond donors (Lipinski definition) is 3. The van der Waals surface area contributed by atoms with Gasteiger partial charge in [-0.1, -0.05) is 20.8 Å². The molecule has 0 bridgehead atoms. The Balaban J connectivity index is 3.04. The smallest absolute Gasteiger partial charge is 0.224 e. The predicted octanol–water partition coefficient (Wildman–Crippen LogP) is 0.810. The van der Waals surface area contributed by atoms with Gasteiger partial charge in [-0.2, -0.15) is 0 Å². The largest absolute Gasteiger partial charge is 0.485 e. The SMILES string of the molecule is CCC(=O)NC1=CO[CH]C(NC(=O)CC)=C1NC(=O)CC. The highest BCUT2D eigenvalue weighted by molar-refractivity contribution is 5.83. The van der Waals surface area contributed by atoms with Gasteiger partial charge >= 0.3 is 0 Å². The minimum Gasteiger partial charge on any atom is -0.485 e. The Hall–Kier alpha value is -2.31. The van der Waals surface area contributed by atoms with E-state index in [0.717, 1.165) is 0 Å². The molecule has 0 saturated carbocycles. The van der Waals surface area contributed by atoms with Gasteiger partial charge in [0.25, 0.3) is 0 Å². The lowest BCUT2D eigenvalue weighted by molar-refractivity contribution is -0.121. The van der Waals surface area contributed by atoms with Crippen LogP contribution in [0.4, 0.5) is 0 Å². The molecule has 1 radical (unpaired) electrons. The van der Waals surface area contributed by atoms with E-state index in [1.165, 1.54) is 12.9 Å². The summed E-state index contributed by atoms with van der Waals surface area (Å²) in [6, 6.07) is 0. The van der Waals surface area contributed by atoms with Crippen molar-refractivity contribution in [2.75, 3.05) is 0 Å². The number of carbonyl (C=O) groups is 3. The number of carbonyl (C=O) groups excluding carboxylic acids is 3. The first-order valence-electron chi connectivity index (χ1n) is 6.84. The van der Waals surface area contributed by atoms with E-state index in [1.807, 2.05) is 0 Å². The van der Waals surface area contributed by atoms with Crippen LogP contribution < -0.4 is 16.0 Å². The maximum absolute atomic E-state index is 11.6. The van der Waals surface area contributed by atoms with E-state index in [0.29, 0.717) is 17.1 Å². The first-order valence-corrected chi connectivity index (χ1v) is 6.84. The Labute approximate surface area is 123 Å². The van der Waals surface area contributed by atoms with Crippen LogP contribution in [0.2, 0.25) is 0 Å². The van der Waals surface area contributed by atoms with Crippen LogP contribution in [-0.2, 0) is 19.1 Å². The van der Waals surface area contributed by atoms with Crippen molar-refractivity contribution >= 4 is 17.7 Å². The number of hydrogen-bond acceptors (Lipinski definition) is 4. The summed E-state index contributed by atoms with van der Waals surface area (Å²) in [6.07, 6.45) is 2.15. The van der Waals surface area contributed by atoms with Crippen molar-refractivity contribution in [1.29, 1.82) is 0 Å². The molecule has 7 heteroatoms. The van der Waals surface area contributed by atoms with Crippen molar-refractivity contribution in [2.45, 2.75) is 40.0 Å². The van der Waals surface area contributed by atoms with E-state index in [4.69, 9.17) is 4.74 Å². The molecule has 0 aromatic heterocycles. The van der Waals surface area contributed by atoms with Gasteiger partial charge in [0.1, 0.15) is 12.0 Å². The van der Waals surface area contributed by atoms with Crippen LogP contribution in [0.25, 0.3) is 0 Å². The average Bonchev–Trinajstić information content (AvgIpc) is 2.49. The summed E-state index contributed by atoms with van der Waals surface area (Å²) in [6.45, 7) is 6.43. The van der Waals surface area contributed by atoms with Crippen molar-refractivity contribution in [3.63, 3.8) is 0 Å². The fourth-order valence-corrected chi connectivity index (χ4v) is 1.46. The minimum absolute atomic E-state index is 0.226. The Bertz CT molecular complexity index is 494. The molecule has 3 N–H and O–H groups in total.